The lowest BCUT2D eigenvalue weighted by Crippen LogP contribution is -2.15. The van der Waals surface area contributed by atoms with Gasteiger partial charge in [0.15, 0.2) is 5.82 Å². The Balaban J connectivity index is 2.25. The van der Waals surface area contributed by atoms with Gasteiger partial charge in [-0.1, -0.05) is 6.07 Å². The molecule has 3 nitrogen and oxygen atoms in total. The molecule has 0 fully saturated rings. The summed E-state index contributed by atoms with van der Waals surface area (Å²) in [7, 11) is 0. The normalized spacial score (nSPS) is 10.2. The molecule has 0 unspecified atom stereocenters. The highest BCUT2D eigenvalue weighted by Crippen LogP contribution is 2.15. The molecule has 0 aliphatic heterocycles. The fourth-order valence-electron chi connectivity index (χ4n) is 1.36. The summed E-state index contributed by atoms with van der Waals surface area (Å²) in [6, 6.07) is 8.11. The van der Waals surface area contributed by atoms with E-state index in [4.69, 9.17) is 0 Å². The van der Waals surface area contributed by atoms with Crippen LogP contribution in [0.4, 0.5) is 14.5 Å². The molecule has 1 aromatic carbocycles. The maximum absolute atomic E-state index is 13.3. The van der Waals surface area contributed by atoms with Crippen LogP contribution in [-0.2, 0) is 0 Å². The summed E-state index contributed by atoms with van der Waals surface area (Å²) in [6.07, 6.45) is 1.04. The van der Waals surface area contributed by atoms with Crippen molar-refractivity contribution in [3.05, 3.63) is 57.4 Å². The second kappa shape index (κ2) is 5.38. The zero-order valence-electron chi connectivity index (χ0n) is 8.95. The van der Waals surface area contributed by atoms with E-state index in [1.165, 1.54) is 0 Å². The summed E-state index contributed by atoms with van der Waals surface area (Å²) in [4.78, 5) is 14.9. The SMILES string of the molecule is O=C(Nc1cccc(I)c1)c1ccnc(F)c1F. The fraction of sp³-hybridized carbons (Fsp3) is 0. The molecule has 0 spiro atoms. The predicted octanol–water partition coefficient (Wildman–Crippen LogP) is 3.22. The number of nitrogens with one attached hydrogen (secondary N) is 1. The van der Waals surface area contributed by atoms with Crippen LogP contribution in [0.2, 0.25) is 0 Å². The number of carbonyl (C=O) groups is 1. The molecule has 1 aromatic heterocycles. The van der Waals surface area contributed by atoms with Crippen molar-refractivity contribution in [1.29, 1.82) is 0 Å². The molecule has 0 aliphatic rings. The minimum atomic E-state index is -1.29. The van der Waals surface area contributed by atoms with Gasteiger partial charge in [-0.2, -0.15) is 4.39 Å². The van der Waals surface area contributed by atoms with Gasteiger partial charge in [0.25, 0.3) is 5.91 Å². The molecule has 0 aliphatic carbocycles. The van der Waals surface area contributed by atoms with Crippen molar-refractivity contribution in [1.82, 2.24) is 4.98 Å². The molecule has 1 N–H and O–H groups in total. The maximum atomic E-state index is 13.3. The molecule has 2 rings (SSSR count). The quantitative estimate of drug-likeness (QED) is 0.660. The Labute approximate surface area is 115 Å². The molecule has 0 radical (unpaired) electrons. The monoisotopic (exact) mass is 360 g/mol. The average Bonchev–Trinajstić information content (AvgIpc) is 2.32. The van der Waals surface area contributed by atoms with E-state index in [1.54, 1.807) is 18.2 Å². The molecule has 1 heterocycles. The Morgan fingerprint density at radius 2 is 2.06 bits per heavy atom. The lowest BCUT2D eigenvalue weighted by atomic mass is 10.2. The summed E-state index contributed by atoms with van der Waals surface area (Å²) in [6.45, 7) is 0. The summed E-state index contributed by atoms with van der Waals surface area (Å²) < 4.78 is 27.1. The van der Waals surface area contributed by atoms with E-state index in [2.05, 4.69) is 32.9 Å². The zero-order chi connectivity index (χ0) is 13.1. The van der Waals surface area contributed by atoms with Crippen LogP contribution in [0.1, 0.15) is 10.4 Å². The van der Waals surface area contributed by atoms with Crippen LogP contribution in [0.25, 0.3) is 0 Å². The van der Waals surface area contributed by atoms with Crippen LogP contribution in [0, 0.1) is 15.3 Å². The van der Waals surface area contributed by atoms with Gasteiger partial charge in [-0.3, -0.25) is 4.79 Å². The lowest BCUT2D eigenvalue weighted by Gasteiger charge is -2.06. The molecule has 18 heavy (non-hydrogen) atoms. The topological polar surface area (TPSA) is 42.0 Å². The van der Waals surface area contributed by atoms with Gasteiger partial charge in [0.1, 0.15) is 0 Å². The van der Waals surface area contributed by atoms with Gasteiger partial charge in [0.05, 0.1) is 5.56 Å². The Kier molecular flexibility index (Phi) is 3.85. The summed E-state index contributed by atoms with van der Waals surface area (Å²) in [5, 5.41) is 2.49. The average molecular weight is 360 g/mol. The number of rotatable bonds is 2. The molecule has 2 aromatic rings. The standard InChI is InChI=1S/C12H7F2IN2O/c13-10-9(4-5-16-11(10)14)12(18)17-8-3-1-2-7(15)6-8/h1-6H,(H,17,18). The van der Waals surface area contributed by atoms with Crippen LogP contribution in [0.3, 0.4) is 0 Å². The third-order valence-electron chi connectivity index (χ3n) is 2.17. The number of halogens is 3. The van der Waals surface area contributed by atoms with Gasteiger partial charge in [0, 0.05) is 15.5 Å². The van der Waals surface area contributed by atoms with Crippen molar-refractivity contribution in [2.45, 2.75) is 0 Å². The van der Waals surface area contributed by atoms with Crippen molar-refractivity contribution < 1.29 is 13.6 Å². The molecule has 0 saturated carbocycles. The van der Waals surface area contributed by atoms with E-state index in [9.17, 15) is 13.6 Å². The first-order chi connectivity index (χ1) is 8.58. The number of hydrogen-bond donors (Lipinski definition) is 1. The van der Waals surface area contributed by atoms with E-state index in [-0.39, 0.29) is 5.56 Å². The van der Waals surface area contributed by atoms with E-state index < -0.39 is 17.7 Å². The number of benzene rings is 1. The van der Waals surface area contributed by atoms with E-state index >= 15 is 0 Å². The van der Waals surface area contributed by atoms with Crippen LogP contribution in [0.5, 0.6) is 0 Å². The fourth-order valence-corrected chi connectivity index (χ4v) is 1.90. The van der Waals surface area contributed by atoms with Crippen molar-refractivity contribution in [3.8, 4) is 0 Å². The summed E-state index contributed by atoms with van der Waals surface area (Å²) in [5.74, 6) is -3.25. The first kappa shape index (κ1) is 12.9. The van der Waals surface area contributed by atoms with Crippen molar-refractivity contribution in [3.63, 3.8) is 0 Å². The van der Waals surface area contributed by atoms with Gasteiger partial charge < -0.3 is 5.32 Å². The Bertz CT molecular complexity index is 604. The molecule has 0 saturated heterocycles. The van der Waals surface area contributed by atoms with Gasteiger partial charge in [-0.25, -0.2) is 9.37 Å². The molecular weight excluding hydrogens is 353 g/mol. The number of nitrogens with zero attached hydrogens (tertiary/aromatic N) is 1. The second-order valence-corrected chi connectivity index (χ2v) is 4.67. The molecule has 1 amide bonds. The van der Waals surface area contributed by atoms with Crippen LogP contribution in [0.15, 0.2) is 36.5 Å². The maximum Gasteiger partial charge on any atom is 0.258 e. The van der Waals surface area contributed by atoms with E-state index in [0.717, 1.165) is 15.8 Å². The van der Waals surface area contributed by atoms with Crippen molar-refractivity contribution in [2.24, 2.45) is 0 Å². The predicted molar refractivity (Wildman–Crippen MR) is 71.3 cm³/mol. The third kappa shape index (κ3) is 2.81. The largest absolute Gasteiger partial charge is 0.322 e. The Morgan fingerprint density at radius 1 is 1.28 bits per heavy atom. The van der Waals surface area contributed by atoms with Gasteiger partial charge in [0.2, 0.25) is 5.95 Å². The number of aromatic nitrogens is 1. The summed E-state index contributed by atoms with van der Waals surface area (Å²) >= 11 is 2.08. The second-order valence-electron chi connectivity index (χ2n) is 3.43. The van der Waals surface area contributed by atoms with Crippen LogP contribution < -0.4 is 5.32 Å². The highest BCUT2D eigenvalue weighted by atomic mass is 127. The minimum absolute atomic E-state index is 0.374. The number of carbonyl (C=O) groups excluding carboxylic acids is 1. The molecule has 92 valence electrons. The molecule has 6 heteroatoms. The number of pyridine rings is 1. The highest BCUT2D eigenvalue weighted by molar-refractivity contribution is 14.1. The third-order valence-corrected chi connectivity index (χ3v) is 2.84. The van der Waals surface area contributed by atoms with Gasteiger partial charge >= 0.3 is 0 Å². The highest BCUT2D eigenvalue weighted by Gasteiger charge is 2.16. The van der Waals surface area contributed by atoms with Crippen LogP contribution in [-0.4, -0.2) is 10.9 Å². The first-order valence-corrected chi connectivity index (χ1v) is 6.03. The Hall–Kier alpha value is -1.57. The van der Waals surface area contributed by atoms with Crippen molar-refractivity contribution in [2.75, 3.05) is 5.32 Å². The van der Waals surface area contributed by atoms with Gasteiger partial charge in [-0.05, 0) is 46.9 Å². The zero-order valence-corrected chi connectivity index (χ0v) is 11.1. The lowest BCUT2D eigenvalue weighted by molar-refractivity contribution is 0.102. The Morgan fingerprint density at radius 3 is 2.78 bits per heavy atom. The number of amides is 1. The van der Waals surface area contributed by atoms with E-state index in [0.29, 0.717) is 5.69 Å². The molecule has 0 bridgehead atoms. The minimum Gasteiger partial charge on any atom is -0.322 e. The molecule has 0 atom stereocenters. The van der Waals surface area contributed by atoms with Gasteiger partial charge in [-0.15, -0.1) is 0 Å². The van der Waals surface area contributed by atoms with Crippen molar-refractivity contribution >= 4 is 34.2 Å². The number of anilines is 1. The molecular formula is C12H7F2IN2O. The van der Waals surface area contributed by atoms with Crippen LogP contribution >= 0.6 is 22.6 Å². The smallest absolute Gasteiger partial charge is 0.258 e. The first-order valence-electron chi connectivity index (χ1n) is 4.95. The number of hydrogen-bond acceptors (Lipinski definition) is 2. The summed E-state index contributed by atoms with van der Waals surface area (Å²) in [5.41, 5.74) is 0.143. The van der Waals surface area contributed by atoms with E-state index in [1.807, 2.05) is 6.07 Å².